The Labute approximate surface area is 180 Å². The van der Waals surface area contributed by atoms with Crippen molar-refractivity contribution in [3.8, 4) is 23.0 Å². The fourth-order valence-electron chi connectivity index (χ4n) is 3.77. The number of ether oxygens (including phenoxy) is 1. The number of hydrogen-bond donors (Lipinski definition) is 1. The summed E-state index contributed by atoms with van der Waals surface area (Å²) in [5.74, 6) is 5.16. The minimum Gasteiger partial charge on any atom is -0.449 e. The number of halogens is 1. The minimum absolute atomic E-state index is 0.00711. The van der Waals surface area contributed by atoms with Crippen LogP contribution in [0.25, 0.3) is 11.1 Å². The summed E-state index contributed by atoms with van der Waals surface area (Å²) in [5, 5.41) is 2.67. The molecule has 1 amide bonds. The highest BCUT2D eigenvalue weighted by molar-refractivity contribution is 5.80. The van der Waals surface area contributed by atoms with Crippen molar-refractivity contribution >= 4 is 12.4 Å². The zero-order chi connectivity index (χ0) is 21.6. The SMILES string of the molecule is O=Cc1ccc(F)cc1C#CCCNC(=O)OCC1c2ccccc2-c2ccccc21. The Morgan fingerprint density at radius 3 is 2.39 bits per heavy atom. The molecule has 154 valence electrons. The lowest BCUT2D eigenvalue weighted by Gasteiger charge is -2.14. The predicted octanol–water partition coefficient (Wildman–Crippen LogP) is 4.92. The van der Waals surface area contributed by atoms with Crippen LogP contribution in [-0.4, -0.2) is 25.5 Å². The molecule has 0 heterocycles. The summed E-state index contributed by atoms with van der Waals surface area (Å²) < 4.78 is 18.8. The first-order valence-corrected chi connectivity index (χ1v) is 10.00. The standard InChI is InChI=1S/C26H20FNO3/c27-20-13-12-19(16-29)18(15-20)7-5-6-14-28-26(30)31-17-25-23-10-3-1-8-21(23)22-9-2-4-11-24(22)25/h1-4,8-13,15-16,25H,6,14,17H2,(H,28,30). The lowest BCUT2D eigenvalue weighted by Crippen LogP contribution is -2.26. The van der Waals surface area contributed by atoms with Crippen molar-refractivity contribution < 1.29 is 18.7 Å². The third-order valence-electron chi connectivity index (χ3n) is 5.23. The molecule has 31 heavy (non-hydrogen) atoms. The van der Waals surface area contributed by atoms with E-state index in [0.717, 1.165) is 11.1 Å². The highest BCUT2D eigenvalue weighted by Gasteiger charge is 2.28. The van der Waals surface area contributed by atoms with Crippen molar-refractivity contribution in [2.24, 2.45) is 0 Å². The highest BCUT2D eigenvalue weighted by Crippen LogP contribution is 2.44. The molecule has 0 unspecified atom stereocenters. The second-order valence-electron chi connectivity index (χ2n) is 7.15. The van der Waals surface area contributed by atoms with Crippen LogP contribution >= 0.6 is 0 Å². The van der Waals surface area contributed by atoms with Crippen molar-refractivity contribution in [3.63, 3.8) is 0 Å². The van der Waals surface area contributed by atoms with Crippen LogP contribution < -0.4 is 5.32 Å². The minimum atomic E-state index is -0.511. The first-order valence-electron chi connectivity index (χ1n) is 10.00. The van der Waals surface area contributed by atoms with Gasteiger partial charge in [-0.15, -0.1) is 0 Å². The van der Waals surface area contributed by atoms with Gasteiger partial charge in [-0.05, 0) is 40.5 Å². The van der Waals surface area contributed by atoms with Crippen molar-refractivity contribution in [1.29, 1.82) is 0 Å². The summed E-state index contributed by atoms with van der Waals surface area (Å²) in [5.41, 5.74) is 5.32. The molecule has 0 saturated heterocycles. The van der Waals surface area contributed by atoms with Gasteiger partial charge >= 0.3 is 6.09 Å². The molecule has 3 aromatic rings. The van der Waals surface area contributed by atoms with Gasteiger partial charge in [0.15, 0.2) is 6.29 Å². The Kier molecular flexibility index (Phi) is 6.09. The van der Waals surface area contributed by atoms with Crippen LogP contribution in [0.15, 0.2) is 66.7 Å². The Morgan fingerprint density at radius 2 is 1.71 bits per heavy atom. The van der Waals surface area contributed by atoms with Crippen LogP contribution in [0.3, 0.4) is 0 Å². The normalized spacial score (nSPS) is 11.6. The molecular formula is C26H20FNO3. The molecule has 5 heteroatoms. The van der Waals surface area contributed by atoms with Gasteiger partial charge in [0.05, 0.1) is 0 Å². The average molecular weight is 413 g/mol. The topological polar surface area (TPSA) is 55.4 Å². The van der Waals surface area contributed by atoms with E-state index >= 15 is 0 Å². The first kappa shape index (κ1) is 20.4. The number of aldehydes is 1. The van der Waals surface area contributed by atoms with Gasteiger partial charge in [0.1, 0.15) is 12.4 Å². The molecule has 0 aliphatic heterocycles. The fraction of sp³-hybridized carbons (Fsp3) is 0.154. The maximum Gasteiger partial charge on any atom is 0.407 e. The van der Waals surface area contributed by atoms with Gasteiger partial charge in [0, 0.05) is 30.0 Å². The number of hydrogen-bond acceptors (Lipinski definition) is 3. The van der Waals surface area contributed by atoms with Gasteiger partial charge in [-0.2, -0.15) is 0 Å². The maximum atomic E-state index is 13.3. The summed E-state index contributed by atoms with van der Waals surface area (Å²) in [6.45, 7) is 0.535. The quantitative estimate of drug-likeness (QED) is 0.367. The van der Waals surface area contributed by atoms with Crippen LogP contribution in [-0.2, 0) is 4.74 Å². The summed E-state index contributed by atoms with van der Waals surface area (Å²) in [6, 6.07) is 20.1. The van der Waals surface area contributed by atoms with E-state index in [0.29, 0.717) is 23.8 Å². The van der Waals surface area contributed by atoms with Crippen LogP contribution in [0.1, 0.15) is 39.4 Å². The van der Waals surface area contributed by atoms with E-state index in [1.807, 2.05) is 24.3 Å². The summed E-state index contributed by atoms with van der Waals surface area (Å²) in [6.07, 6.45) is 0.472. The average Bonchev–Trinajstić information content (AvgIpc) is 3.11. The van der Waals surface area contributed by atoms with E-state index < -0.39 is 11.9 Å². The van der Waals surface area contributed by atoms with Crippen LogP contribution in [0.5, 0.6) is 0 Å². The largest absolute Gasteiger partial charge is 0.449 e. The number of benzene rings is 3. The van der Waals surface area contributed by atoms with E-state index in [1.165, 1.54) is 29.3 Å². The number of carbonyl (C=O) groups excluding carboxylic acids is 2. The smallest absolute Gasteiger partial charge is 0.407 e. The van der Waals surface area contributed by atoms with E-state index in [2.05, 4.69) is 41.4 Å². The molecule has 0 atom stereocenters. The van der Waals surface area contributed by atoms with Crippen LogP contribution in [0.2, 0.25) is 0 Å². The molecule has 1 N–H and O–H groups in total. The van der Waals surface area contributed by atoms with E-state index in [9.17, 15) is 14.0 Å². The summed E-state index contributed by atoms with van der Waals surface area (Å²) in [4.78, 5) is 23.1. The predicted molar refractivity (Wildman–Crippen MR) is 116 cm³/mol. The molecule has 4 nitrogen and oxygen atoms in total. The number of nitrogens with one attached hydrogen (secondary N) is 1. The number of carbonyl (C=O) groups is 2. The van der Waals surface area contributed by atoms with Crippen molar-refractivity contribution in [1.82, 2.24) is 5.32 Å². The van der Waals surface area contributed by atoms with Crippen molar-refractivity contribution in [2.45, 2.75) is 12.3 Å². The Bertz CT molecular complexity index is 1150. The molecule has 0 spiro atoms. The van der Waals surface area contributed by atoms with Crippen molar-refractivity contribution in [3.05, 3.63) is 94.8 Å². The molecule has 1 aliphatic rings. The zero-order valence-corrected chi connectivity index (χ0v) is 16.7. The number of fused-ring (bicyclic) bond motifs is 3. The monoisotopic (exact) mass is 413 g/mol. The van der Waals surface area contributed by atoms with E-state index in [-0.39, 0.29) is 19.1 Å². The van der Waals surface area contributed by atoms with Gasteiger partial charge in [-0.1, -0.05) is 60.4 Å². The second kappa shape index (κ2) is 9.27. The summed E-state index contributed by atoms with van der Waals surface area (Å²) >= 11 is 0. The number of alkyl carbamates (subject to hydrolysis) is 1. The van der Waals surface area contributed by atoms with Gasteiger partial charge in [-0.3, -0.25) is 4.79 Å². The first-order chi connectivity index (χ1) is 15.2. The molecule has 4 rings (SSSR count). The molecular weight excluding hydrogens is 393 g/mol. The molecule has 0 fully saturated rings. The van der Waals surface area contributed by atoms with Gasteiger partial charge < -0.3 is 10.1 Å². The number of rotatable bonds is 5. The molecule has 0 bridgehead atoms. The van der Waals surface area contributed by atoms with Gasteiger partial charge in [-0.25, -0.2) is 9.18 Å². The highest BCUT2D eigenvalue weighted by atomic mass is 19.1. The van der Waals surface area contributed by atoms with Gasteiger partial charge in [0.2, 0.25) is 0 Å². The second-order valence-corrected chi connectivity index (χ2v) is 7.15. The molecule has 0 radical (unpaired) electrons. The number of amides is 1. The lowest BCUT2D eigenvalue weighted by atomic mass is 9.98. The zero-order valence-electron chi connectivity index (χ0n) is 16.7. The van der Waals surface area contributed by atoms with Crippen molar-refractivity contribution in [2.75, 3.05) is 13.2 Å². The van der Waals surface area contributed by atoms with Crippen LogP contribution in [0.4, 0.5) is 9.18 Å². The van der Waals surface area contributed by atoms with E-state index in [1.54, 1.807) is 0 Å². The molecule has 0 saturated carbocycles. The Balaban J connectivity index is 1.30. The lowest BCUT2D eigenvalue weighted by molar-refractivity contribution is 0.112. The maximum absolute atomic E-state index is 13.3. The molecule has 3 aromatic carbocycles. The van der Waals surface area contributed by atoms with E-state index in [4.69, 9.17) is 4.74 Å². The Morgan fingerprint density at radius 1 is 1.03 bits per heavy atom. The molecule has 0 aromatic heterocycles. The van der Waals surface area contributed by atoms with Gasteiger partial charge in [0.25, 0.3) is 0 Å². The summed E-state index contributed by atoms with van der Waals surface area (Å²) in [7, 11) is 0. The van der Waals surface area contributed by atoms with Crippen LogP contribution in [0, 0.1) is 17.7 Å². The Hall–Kier alpha value is -3.91. The molecule has 1 aliphatic carbocycles. The third-order valence-corrected chi connectivity index (χ3v) is 5.23. The fourth-order valence-corrected chi connectivity index (χ4v) is 3.77. The third kappa shape index (κ3) is 4.49.